The molecule has 0 saturated heterocycles. The van der Waals surface area contributed by atoms with Gasteiger partial charge >= 0.3 is 5.97 Å². The summed E-state index contributed by atoms with van der Waals surface area (Å²) in [6.45, 7) is 1.57. The van der Waals surface area contributed by atoms with Crippen LogP contribution in [-0.4, -0.2) is 23.3 Å². The monoisotopic (exact) mass is 244 g/mol. The highest BCUT2D eigenvalue weighted by Crippen LogP contribution is 2.36. The van der Waals surface area contributed by atoms with Crippen molar-refractivity contribution in [2.45, 2.75) is 13.3 Å². The van der Waals surface area contributed by atoms with Gasteiger partial charge in [-0.3, -0.25) is 4.79 Å². The molecule has 0 aromatic heterocycles. The van der Waals surface area contributed by atoms with Crippen molar-refractivity contribution in [2.24, 2.45) is 5.92 Å². The molecule has 0 aliphatic rings. The molecule has 4 nitrogen and oxygen atoms in total. The summed E-state index contributed by atoms with van der Waals surface area (Å²) in [7, 11) is 1.40. The highest BCUT2D eigenvalue weighted by Gasteiger charge is 2.19. The highest BCUT2D eigenvalue weighted by atomic mass is 35.5. The zero-order valence-corrected chi connectivity index (χ0v) is 9.78. The molecular weight excluding hydrogens is 232 g/mol. The molecule has 1 aromatic rings. The Bertz CT molecular complexity index is 403. The lowest BCUT2D eigenvalue weighted by Gasteiger charge is -2.13. The first-order chi connectivity index (χ1) is 7.47. The lowest BCUT2D eigenvalue weighted by molar-refractivity contribution is -0.141. The highest BCUT2D eigenvalue weighted by molar-refractivity contribution is 6.31. The number of carbonyl (C=O) groups is 1. The van der Waals surface area contributed by atoms with E-state index in [1.165, 1.54) is 19.2 Å². The number of hydrogen-bond donors (Lipinski definition) is 2. The van der Waals surface area contributed by atoms with Crippen LogP contribution in [0.15, 0.2) is 12.1 Å². The SMILES string of the molecule is COc1c(O)ccc(Cl)c1CC(C)C(=O)O. The Morgan fingerprint density at radius 3 is 2.69 bits per heavy atom. The van der Waals surface area contributed by atoms with Crippen molar-refractivity contribution in [3.63, 3.8) is 0 Å². The van der Waals surface area contributed by atoms with Crippen LogP contribution in [0.1, 0.15) is 12.5 Å². The first kappa shape index (κ1) is 12.6. The van der Waals surface area contributed by atoms with Crippen LogP contribution < -0.4 is 4.74 Å². The van der Waals surface area contributed by atoms with E-state index in [0.717, 1.165) is 0 Å². The molecule has 2 N–H and O–H groups in total. The van der Waals surface area contributed by atoms with E-state index in [-0.39, 0.29) is 17.9 Å². The lowest BCUT2D eigenvalue weighted by Crippen LogP contribution is -2.13. The maximum absolute atomic E-state index is 10.8. The van der Waals surface area contributed by atoms with Crippen molar-refractivity contribution < 1.29 is 19.7 Å². The van der Waals surface area contributed by atoms with Crippen LogP contribution in [0.4, 0.5) is 0 Å². The number of aromatic hydroxyl groups is 1. The third-order valence-corrected chi connectivity index (χ3v) is 2.67. The molecule has 0 aliphatic heterocycles. The first-order valence-corrected chi connectivity index (χ1v) is 5.12. The zero-order valence-electron chi connectivity index (χ0n) is 9.03. The van der Waals surface area contributed by atoms with E-state index in [0.29, 0.717) is 10.6 Å². The lowest BCUT2D eigenvalue weighted by atomic mass is 10.00. The fraction of sp³-hybridized carbons (Fsp3) is 0.364. The smallest absolute Gasteiger partial charge is 0.306 e. The average molecular weight is 245 g/mol. The number of carboxylic acids is 1. The molecule has 5 heteroatoms. The number of benzene rings is 1. The van der Waals surface area contributed by atoms with Gasteiger partial charge in [0.15, 0.2) is 11.5 Å². The van der Waals surface area contributed by atoms with E-state index >= 15 is 0 Å². The molecule has 1 atom stereocenters. The van der Waals surface area contributed by atoms with Crippen LogP contribution in [0.25, 0.3) is 0 Å². The number of methoxy groups -OCH3 is 1. The number of carboxylic acid groups (broad SMARTS) is 1. The van der Waals surface area contributed by atoms with Gasteiger partial charge in [-0.05, 0) is 18.6 Å². The third kappa shape index (κ3) is 2.58. The Kier molecular flexibility index (Phi) is 4.01. The summed E-state index contributed by atoms with van der Waals surface area (Å²) in [5, 5.41) is 18.7. The van der Waals surface area contributed by atoms with Crippen LogP contribution in [-0.2, 0) is 11.2 Å². The van der Waals surface area contributed by atoms with Crippen molar-refractivity contribution in [3.8, 4) is 11.5 Å². The van der Waals surface area contributed by atoms with Gasteiger partial charge < -0.3 is 14.9 Å². The Labute approximate surface area is 98.4 Å². The molecule has 0 heterocycles. The summed E-state index contributed by atoms with van der Waals surface area (Å²) in [5.74, 6) is -1.31. The second-order valence-corrected chi connectivity index (χ2v) is 3.93. The maximum Gasteiger partial charge on any atom is 0.306 e. The van der Waals surface area contributed by atoms with Gasteiger partial charge in [-0.25, -0.2) is 0 Å². The van der Waals surface area contributed by atoms with E-state index in [1.54, 1.807) is 6.92 Å². The largest absolute Gasteiger partial charge is 0.504 e. The molecule has 1 aromatic carbocycles. The van der Waals surface area contributed by atoms with Crippen molar-refractivity contribution >= 4 is 17.6 Å². The van der Waals surface area contributed by atoms with Gasteiger partial charge in [0.05, 0.1) is 13.0 Å². The van der Waals surface area contributed by atoms with Gasteiger partial charge in [0.2, 0.25) is 0 Å². The predicted molar refractivity (Wildman–Crippen MR) is 60.2 cm³/mol. The minimum atomic E-state index is -0.915. The molecule has 0 amide bonds. The summed E-state index contributed by atoms with van der Waals surface area (Å²) in [5.41, 5.74) is 0.513. The first-order valence-electron chi connectivity index (χ1n) is 4.74. The molecule has 0 fully saturated rings. The Morgan fingerprint density at radius 1 is 1.56 bits per heavy atom. The van der Waals surface area contributed by atoms with Crippen molar-refractivity contribution in [2.75, 3.05) is 7.11 Å². The van der Waals surface area contributed by atoms with Gasteiger partial charge in [-0.2, -0.15) is 0 Å². The van der Waals surface area contributed by atoms with E-state index in [9.17, 15) is 9.90 Å². The quantitative estimate of drug-likeness (QED) is 0.853. The number of phenols is 1. The molecule has 0 bridgehead atoms. The Morgan fingerprint density at radius 2 is 2.19 bits per heavy atom. The molecule has 88 valence electrons. The fourth-order valence-electron chi connectivity index (χ4n) is 1.40. The fourth-order valence-corrected chi connectivity index (χ4v) is 1.63. The molecule has 0 aliphatic carbocycles. The summed E-state index contributed by atoms with van der Waals surface area (Å²) in [6.07, 6.45) is 0.214. The summed E-state index contributed by atoms with van der Waals surface area (Å²) >= 11 is 5.94. The number of aliphatic carboxylic acids is 1. The average Bonchev–Trinajstić information content (AvgIpc) is 2.23. The minimum absolute atomic E-state index is 0.0421. The van der Waals surface area contributed by atoms with Crippen molar-refractivity contribution in [1.29, 1.82) is 0 Å². The van der Waals surface area contributed by atoms with E-state index in [1.807, 2.05) is 0 Å². The van der Waals surface area contributed by atoms with E-state index < -0.39 is 11.9 Å². The minimum Gasteiger partial charge on any atom is -0.504 e. The summed E-state index contributed by atoms with van der Waals surface area (Å²) in [6, 6.07) is 2.93. The van der Waals surface area contributed by atoms with Gasteiger partial charge in [0, 0.05) is 10.6 Å². The Hall–Kier alpha value is -1.42. The number of hydrogen-bond acceptors (Lipinski definition) is 3. The van der Waals surface area contributed by atoms with Crippen LogP contribution >= 0.6 is 11.6 Å². The molecule has 0 radical (unpaired) electrons. The topological polar surface area (TPSA) is 66.8 Å². The van der Waals surface area contributed by atoms with Crippen LogP contribution in [0.5, 0.6) is 11.5 Å². The van der Waals surface area contributed by atoms with Crippen molar-refractivity contribution in [3.05, 3.63) is 22.7 Å². The second kappa shape index (κ2) is 5.07. The van der Waals surface area contributed by atoms with Crippen LogP contribution in [0.3, 0.4) is 0 Å². The van der Waals surface area contributed by atoms with E-state index in [2.05, 4.69) is 0 Å². The van der Waals surface area contributed by atoms with Crippen molar-refractivity contribution in [1.82, 2.24) is 0 Å². The standard InChI is InChI=1S/C11H13ClO4/c1-6(11(14)15)5-7-8(12)3-4-9(13)10(7)16-2/h3-4,6,13H,5H2,1-2H3,(H,14,15). The molecule has 0 saturated carbocycles. The van der Waals surface area contributed by atoms with Gasteiger partial charge in [0.25, 0.3) is 0 Å². The number of halogens is 1. The molecule has 1 rings (SSSR count). The van der Waals surface area contributed by atoms with E-state index in [4.69, 9.17) is 21.4 Å². The summed E-state index contributed by atoms with van der Waals surface area (Å²) in [4.78, 5) is 10.8. The maximum atomic E-state index is 10.8. The van der Waals surface area contributed by atoms with Crippen LogP contribution in [0.2, 0.25) is 5.02 Å². The molecule has 0 spiro atoms. The van der Waals surface area contributed by atoms with Crippen LogP contribution in [0, 0.1) is 5.92 Å². The predicted octanol–water partition coefficient (Wildman–Crippen LogP) is 2.32. The summed E-state index contributed by atoms with van der Waals surface area (Å²) < 4.78 is 5.01. The molecule has 16 heavy (non-hydrogen) atoms. The van der Waals surface area contributed by atoms with Gasteiger partial charge in [0.1, 0.15) is 0 Å². The third-order valence-electron chi connectivity index (χ3n) is 2.32. The number of phenolic OH excluding ortho intramolecular Hbond substituents is 1. The number of rotatable bonds is 4. The molecular formula is C11H13ClO4. The van der Waals surface area contributed by atoms with Gasteiger partial charge in [-0.1, -0.05) is 18.5 Å². The second-order valence-electron chi connectivity index (χ2n) is 3.52. The molecule has 1 unspecified atom stereocenters. The zero-order chi connectivity index (χ0) is 12.3. The Balaban J connectivity index is 3.11. The normalized spacial score (nSPS) is 12.2. The number of ether oxygens (including phenoxy) is 1. The van der Waals surface area contributed by atoms with Gasteiger partial charge in [-0.15, -0.1) is 0 Å².